The Morgan fingerprint density at radius 3 is 2.63 bits per heavy atom. The molecule has 0 aromatic carbocycles. The first-order chi connectivity index (χ1) is 8.56. The third-order valence-electron chi connectivity index (χ3n) is 4.53. The number of hydrogen-bond acceptors (Lipinski definition) is 5. The Kier molecular flexibility index (Phi) is 2.41. The first-order valence-corrected chi connectivity index (χ1v) is 7.56. The molecule has 3 fully saturated rings. The summed E-state index contributed by atoms with van der Waals surface area (Å²) >= 11 is 0. The Hall–Kier alpha value is -0.760. The van der Waals surface area contributed by atoms with Gasteiger partial charge in [-0.1, -0.05) is 0 Å². The van der Waals surface area contributed by atoms with Gasteiger partial charge in [-0.25, -0.2) is 4.79 Å². The molecule has 0 radical (unpaired) electrons. The molecule has 2 bridgehead atoms. The van der Waals surface area contributed by atoms with Gasteiger partial charge in [0.2, 0.25) is 0 Å². The molecule has 1 saturated heterocycles. The summed E-state index contributed by atoms with van der Waals surface area (Å²) in [5.41, 5.74) is -1.19. The minimum absolute atomic E-state index is 0.219. The van der Waals surface area contributed by atoms with Crippen LogP contribution < -0.4 is 0 Å². The van der Waals surface area contributed by atoms with Crippen molar-refractivity contribution in [3.63, 3.8) is 0 Å². The molecule has 3 aliphatic rings. The maximum absolute atomic E-state index is 12.9. The minimum atomic E-state index is -3.67. The van der Waals surface area contributed by atoms with Gasteiger partial charge in [-0.05, 0) is 19.8 Å². The van der Waals surface area contributed by atoms with Gasteiger partial charge >= 0.3 is 11.9 Å². The van der Waals surface area contributed by atoms with Crippen molar-refractivity contribution in [2.45, 2.75) is 49.6 Å². The van der Waals surface area contributed by atoms with Crippen molar-refractivity contribution in [1.82, 2.24) is 0 Å². The summed E-state index contributed by atoms with van der Waals surface area (Å²) in [5.74, 6) is -5.71. The minimum Gasteiger partial charge on any atom is -0.455 e. The van der Waals surface area contributed by atoms with Crippen molar-refractivity contribution >= 4 is 16.1 Å². The van der Waals surface area contributed by atoms with Gasteiger partial charge in [0, 0.05) is 18.8 Å². The second kappa shape index (κ2) is 3.46. The van der Waals surface area contributed by atoms with Crippen LogP contribution in [0.15, 0.2) is 0 Å². The van der Waals surface area contributed by atoms with Crippen molar-refractivity contribution in [3.05, 3.63) is 0 Å². The molecule has 0 amide bonds. The summed E-state index contributed by atoms with van der Waals surface area (Å²) in [7, 11) is -3.67. The summed E-state index contributed by atoms with van der Waals surface area (Å²) in [5, 5.41) is -0.584. The van der Waals surface area contributed by atoms with Crippen molar-refractivity contribution < 1.29 is 30.9 Å². The quantitative estimate of drug-likeness (QED) is 0.563. The number of alkyl halides is 2. The SMILES string of the molecule is CC(F)(F)C(=O)OC1C2CC3C(C2)S(=O)(=O)OC31C. The molecular formula is C11H14F2O5S. The monoisotopic (exact) mass is 296 g/mol. The van der Waals surface area contributed by atoms with Gasteiger partial charge in [0.15, 0.2) is 0 Å². The van der Waals surface area contributed by atoms with Crippen LogP contribution in [0.25, 0.3) is 0 Å². The standard InChI is InChI=1S/C11H14F2O5S/c1-10-6-3-5(4-7(6)19(15,16)18-10)8(10)17-9(14)11(2,12)13/h5-8H,3-4H2,1-2H3. The maximum Gasteiger partial charge on any atom is 0.377 e. The average Bonchev–Trinajstić information content (AvgIpc) is 2.79. The van der Waals surface area contributed by atoms with Crippen LogP contribution in [0.1, 0.15) is 26.7 Å². The molecule has 3 rings (SSSR count). The highest BCUT2D eigenvalue weighted by Gasteiger charge is 2.72. The van der Waals surface area contributed by atoms with Crippen LogP contribution in [0.2, 0.25) is 0 Å². The molecule has 1 aliphatic heterocycles. The molecule has 8 heteroatoms. The number of carbonyl (C=O) groups is 1. The molecule has 2 aliphatic carbocycles. The molecule has 0 N–H and O–H groups in total. The molecule has 5 unspecified atom stereocenters. The van der Waals surface area contributed by atoms with E-state index >= 15 is 0 Å². The Balaban J connectivity index is 1.89. The zero-order chi connectivity index (χ0) is 14.2. The molecule has 0 aromatic heterocycles. The van der Waals surface area contributed by atoms with E-state index in [9.17, 15) is 22.0 Å². The summed E-state index contributed by atoms with van der Waals surface area (Å²) in [6.07, 6.45) is -0.0620. The number of carbonyl (C=O) groups excluding carboxylic acids is 1. The summed E-state index contributed by atoms with van der Waals surface area (Å²) < 4.78 is 59.3. The fourth-order valence-corrected chi connectivity index (χ4v) is 5.85. The molecule has 0 spiro atoms. The molecule has 19 heavy (non-hydrogen) atoms. The predicted molar refractivity (Wildman–Crippen MR) is 58.9 cm³/mol. The van der Waals surface area contributed by atoms with Crippen LogP contribution >= 0.6 is 0 Å². The maximum atomic E-state index is 12.9. The largest absolute Gasteiger partial charge is 0.455 e. The Morgan fingerprint density at radius 1 is 1.42 bits per heavy atom. The van der Waals surface area contributed by atoms with Crippen LogP contribution in [0.4, 0.5) is 8.78 Å². The van der Waals surface area contributed by atoms with Crippen molar-refractivity contribution in [2.24, 2.45) is 11.8 Å². The number of fused-ring (bicyclic) bond motifs is 1. The van der Waals surface area contributed by atoms with E-state index in [0.29, 0.717) is 19.8 Å². The van der Waals surface area contributed by atoms with Gasteiger partial charge in [-0.2, -0.15) is 17.2 Å². The van der Waals surface area contributed by atoms with Crippen molar-refractivity contribution in [3.8, 4) is 0 Å². The number of ether oxygens (including phenoxy) is 1. The zero-order valence-electron chi connectivity index (χ0n) is 10.4. The molecule has 5 nitrogen and oxygen atoms in total. The normalized spacial score (nSPS) is 46.5. The first kappa shape index (κ1) is 13.2. The molecular weight excluding hydrogens is 282 g/mol. The van der Waals surface area contributed by atoms with E-state index in [2.05, 4.69) is 0 Å². The highest BCUT2D eigenvalue weighted by atomic mass is 32.2. The van der Waals surface area contributed by atoms with Crippen LogP contribution in [-0.2, 0) is 23.8 Å². The van der Waals surface area contributed by atoms with Crippen LogP contribution in [-0.4, -0.2) is 37.3 Å². The van der Waals surface area contributed by atoms with E-state index in [-0.39, 0.29) is 11.8 Å². The van der Waals surface area contributed by atoms with Gasteiger partial charge in [-0.15, -0.1) is 0 Å². The number of halogens is 2. The smallest absolute Gasteiger partial charge is 0.377 e. The van der Waals surface area contributed by atoms with Gasteiger partial charge < -0.3 is 4.74 Å². The van der Waals surface area contributed by atoms with Crippen LogP contribution in [0, 0.1) is 11.8 Å². The Morgan fingerprint density at radius 2 is 2.05 bits per heavy atom. The Labute approximate surface area is 109 Å². The zero-order valence-corrected chi connectivity index (χ0v) is 11.2. The number of esters is 1. The van der Waals surface area contributed by atoms with E-state index in [1.54, 1.807) is 0 Å². The van der Waals surface area contributed by atoms with Crippen molar-refractivity contribution in [1.29, 1.82) is 0 Å². The summed E-state index contributed by atoms with van der Waals surface area (Å²) in [6.45, 7) is 1.99. The van der Waals surface area contributed by atoms with Gasteiger partial charge in [-0.3, -0.25) is 4.18 Å². The van der Waals surface area contributed by atoms with E-state index < -0.39 is 39.0 Å². The van der Waals surface area contributed by atoms with Crippen molar-refractivity contribution in [2.75, 3.05) is 0 Å². The van der Waals surface area contributed by atoms with Gasteiger partial charge in [0.25, 0.3) is 10.1 Å². The lowest BCUT2D eigenvalue weighted by molar-refractivity contribution is -0.187. The third-order valence-corrected chi connectivity index (χ3v) is 6.38. The highest BCUT2D eigenvalue weighted by molar-refractivity contribution is 7.87. The predicted octanol–water partition coefficient (Wildman–Crippen LogP) is 1.08. The highest BCUT2D eigenvalue weighted by Crippen LogP contribution is 2.61. The summed E-state index contributed by atoms with van der Waals surface area (Å²) in [4.78, 5) is 11.3. The lowest BCUT2D eigenvalue weighted by Gasteiger charge is -2.33. The molecule has 108 valence electrons. The lowest BCUT2D eigenvalue weighted by Crippen LogP contribution is -2.48. The van der Waals surface area contributed by atoms with E-state index in [1.807, 2.05) is 0 Å². The number of rotatable bonds is 2. The summed E-state index contributed by atoms with van der Waals surface area (Å²) in [6, 6.07) is 0. The van der Waals surface area contributed by atoms with E-state index in [1.165, 1.54) is 6.92 Å². The topological polar surface area (TPSA) is 69.7 Å². The molecule has 5 atom stereocenters. The fraction of sp³-hybridized carbons (Fsp3) is 0.909. The second-order valence-corrected chi connectivity index (χ2v) is 7.61. The van der Waals surface area contributed by atoms with E-state index in [4.69, 9.17) is 8.92 Å². The second-order valence-electron chi connectivity index (χ2n) is 5.85. The lowest BCUT2D eigenvalue weighted by atomic mass is 9.83. The Bertz CT molecular complexity index is 540. The van der Waals surface area contributed by atoms with E-state index in [0.717, 1.165) is 0 Å². The third kappa shape index (κ3) is 1.65. The van der Waals surface area contributed by atoms with Gasteiger partial charge in [0.05, 0.1) is 5.25 Å². The molecule has 2 saturated carbocycles. The molecule has 1 heterocycles. The van der Waals surface area contributed by atoms with Crippen LogP contribution in [0.3, 0.4) is 0 Å². The fourth-order valence-electron chi connectivity index (χ4n) is 3.74. The van der Waals surface area contributed by atoms with Crippen LogP contribution in [0.5, 0.6) is 0 Å². The van der Waals surface area contributed by atoms with Gasteiger partial charge in [0.1, 0.15) is 11.7 Å². The molecule has 0 aromatic rings. The average molecular weight is 296 g/mol. The first-order valence-electron chi connectivity index (χ1n) is 6.09. The number of hydrogen-bond donors (Lipinski definition) is 0.